The average Bonchev–Trinajstić information content (AvgIpc) is 2.42. The van der Waals surface area contributed by atoms with Crippen molar-refractivity contribution in [3.05, 3.63) is 45.8 Å². The van der Waals surface area contributed by atoms with Gasteiger partial charge >= 0.3 is 0 Å². The lowest BCUT2D eigenvalue weighted by molar-refractivity contribution is 0.622. The van der Waals surface area contributed by atoms with Crippen LogP contribution in [0.25, 0.3) is 0 Å². The first kappa shape index (κ1) is 11.8. The molecule has 1 aliphatic carbocycles. The molecule has 0 saturated carbocycles. The Hall–Kier alpha value is -2.24. The highest BCUT2D eigenvalue weighted by Gasteiger charge is 2.15. The Balaban J connectivity index is 1.91. The molecule has 0 unspecified atom stereocenters. The van der Waals surface area contributed by atoms with Crippen LogP contribution in [0, 0.1) is 5.82 Å². The van der Waals surface area contributed by atoms with Crippen LogP contribution in [0.4, 0.5) is 16.2 Å². The van der Waals surface area contributed by atoms with Crippen LogP contribution in [-0.2, 0) is 12.8 Å². The van der Waals surface area contributed by atoms with Gasteiger partial charge in [-0.2, -0.15) is 0 Å². The van der Waals surface area contributed by atoms with Gasteiger partial charge in [0.1, 0.15) is 11.6 Å². The molecule has 2 aromatic rings. The summed E-state index contributed by atoms with van der Waals surface area (Å²) in [6.45, 7) is 0. The predicted molar refractivity (Wildman–Crippen MR) is 69.0 cm³/mol. The van der Waals surface area contributed by atoms with Gasteiger partial charge in [0.15, 0.2) is 0 Å². The fourth-order valence-electron chi connectivity index (χ4n) is 2.23. The standard InChI is InChI=1S/C13H13FN4O/c14-8-5-6-11(15-7-8)17-13-16-10-4-2-1-3-9(10)12(19)18-13/h5-7H,1-4H2,(H2,15,16,17,18,19). The number of aromatic amines is 1. The minimum Gasteiger partial charge on any atom is -0.310 e. The summed E-state index contributed by atoms with van der Waals surface area (Å²) >= 11 is 0. The van der Waals surface area contributed by atoms with Crippen molar-refractivity contribution >= 4 is 11.8 Å². The number of halogens is 1. The largest absolute Gasteiger partial charge is 0.310 e. The van der Waals surface area contributed by atoms with E-state index in [2.05, 4.69) is 20.3 Å². The Bertz CT molecular complexity index is 651. The highest BCUT2D eigenvalue weighted by atomic mass is 19.1. The van der Waals surface area contributed by atoms with Gasteiger partial charge in [0.2, 0.25) is 5.95 Å². The molecule has 0 radical (unpaired) electrons. The lowest BCUT2D eigenvalue weighted by Crippen LogP contribution is -2.22. The van der Waals surface area contributed by atoms with E-state index in [4.69, 9.17) is 0 Å². The highest BCUT2D eigenvalue weighted by molar-refractivity contribution is 5.47. The molecular weight excluding hydrogens is 247 g/mol. The van der Waals surface area contributed by atoms with Crippen LogP contribution >= 0.6 is 0 Å². The Morgan fingerprint density at radius 3 is 2.89 bits per heavy atom. The summed E-state index contributed by atoms with van der Waals surface area (Å²) in [5.41, 5.74) is 1.53. The van der Waals surface area contributed by atoms with Gasteiger partial charge in [0, 0.05) is 5.56 Å². The number of fused-ring (bicyclic) bond motifs is 1. The lowest BCUT2D eigenvalue weighted by Gasteiger charge is -2.14. The second-order valence-electron chi connectivity index (χ2n) is 4.53. The molecule has 0 amide bonds. The van der Waals surface area contributed by atoms with Crippen molar-refractivity contribution in [2.45, 2.75) is 25.7 Å². The molecule has 3 rings (SSSR count). The van der Waals surface area contributed by atoms with Crippen LogP contribution in [0.1, 0.15) is 24.1 Å². The number of nitrogens with one attached hydrogen (secondary N) is 2. The lowest BCUT2D eigenvalue weighted by atomic mass is 9.97. The molecule has 0 spiro atoms. The summed E-state index contributed by atoms with van der Waals surface area (Å²) < 4.78 is 12.8. The second-order valence-corrected chi connectivity index (χ2v) is 4.53. The topological polar surface area (TPSA) is 70.7 Å². The van der Waals surface area contributed by atoms with Gasteiger partial charge in [-0.1, -0.05) is 0 Å². The maximum Gasteiger partial charge on any atom is 0.255 e. The van der Waals surface area contributed by atoms with E-state index < -0.39 is 5.82 Å². The van der Waals surface area contributed by atoms with E-state index >= 15 is 0 Å². The van der Waals surface area contributed by atoms with Crippen LogP contribution in [0.15, 0.2) is 23.1 Å². The van der Waals surface area contributed by atoms with E-state index in [1.54, 1.807) is 0 Å². The molecule has 0 bridgehead atoms. The maximum atomic E-state index is 12.8. The maximum absolute atomic E-state index is 12.8. The van der Waals surface area contributed by atoms with E-state index in [0.29, 0.717) is 11.8 Å². The van der Waals surface area contributed by atoms with Crippen molar-refractivity contribution in [1.29, 1.82) is 0 Å². The van der Waals surface area contributed by atoms with Crippen molar-refractivity contribution < 1.29 is 4.39 Å². The number of hydrogen-bond donors (Lipinski definition) is 2. The summed E-state index contributed by atoms with van der Waals surface area (Å²) in [6.07, 6.45) is 4.80. The molecule has 6 heteroatoms. The van der Waals surface area contributed by atoms with Crippen molar-refractivity contribution in [3.8, 4) is 0 Å². The summed E-state index contributed by atoms with van der Waals surface area (Å²) in [6, 6.07) is 2.79. The van der Waals surface area contributed by atoms with Crippen molar-refractivity contribution in [2.24, 2.45) is 0 Å². The van der Waals surface area contributed by atoms with Gasteiger partial charge in [0.25, 0.3) is 5.56 Å². The van der Waals surface area contributed by atoms with Gasteiger partial charge in [0.05, 0.1) is 11.9 Å². The van der Waals surface area contributed by atoms with E-state index in [0.717, 1.165) is 43.1 Å². The number of anilines is 2. The highest BCUT2D eigenvalue weighted by Crippen LogP contribution is 2.17. The van der Waals surface area contributed by atoms with Crippen LogP contribution in [0.2, 0.25) is 0 Å². The molecule has 1 aliphatic rings. The van der Waals surface area contributed by atoms with E-state index in [-0.39, 0.29) is 5.56 Å². The van der Waals surface area contributed by atoms with Gasteiger partial charge in [-0.3, -0.25) is 9.78 Å². The molecule has 0 aliphatic heterocycles. The normalized spacial score (nSPS) is 13.9. The Labute approximate surface area is 108 Å². The smallest absolute Gasteiger partial charge is 0.255 e. The minimum absolute atomic E-state index is 0.102. The molecule has 98 valence electrons. The number of aryl methyl sites for hydroxylation is 1. The van der Waals surface area contributed by atoms with Crippen LogP contribution < -0.4 is 10.9 Å². The van der Waals surface area contributed by atoms with Gasteiger partial charge in [-0.15, -0.1) is 0 Å². The zero-order chi connectivity index (χ0) is 13.2. The number of H-pyrrole nitrogens is 1. The monoisotopic (exact) mass is 260 g/mol. The molecule has 0 fully saturated rings. The van der Waals surface area contributed by atoms with Gasteiger partial charge < -0.3 is 5.32 Å². The molecule has 19 heavy (non-hydrogen) atoms. The third-order valence-electron chi connectivity index (χ3n) is 3.17. The molecule has 2 aromatic heterocycles. The first-order valence-electron chi connectivity index (χ1n) is 6.23. The Morgan fingerprint density at radius 2 is 2.11 bits per heavy atom. The zero-order valence-electron chi connectivity index (χ0n) is 10.2. The quantitative estimate of drug-likeness (QED) is 0.865. The molecule has 5 nitrogen and oxygen atoms in total. The Morgan fingerprint density at radius 1 is 1.26 bits per heavy atom. The number of aromatic nitrogens is 3. The van der Waals surface area contributed by atoms with Gasteiger partial charge in [-0.05, 0) is 37.8 Å². The fourth-order valence-corrected chi connectivity index (χ4v) is 2.23. The molecule has 0 aromatic carbocycles. The van der Waals surface area contributed by atoms with Crippen LogP contribution in [0.5, 0.6) is 0 Å². The van der Waals surface area contributed by atoms with Crippen molar-refractivity contribution in [2.75, 3.05) is 5.32 Å². The molecule has 2 N–H and O–H groups in total. The van der Waals surface area contributed by atoms with Crippen molar-refractivity contribution in [3.63, 3.8) is 0 Å². The molecule has 0 saturated heterocycles. The third kappa shape index (κ3) is 2.47. The second kappa shape index (κ2) is 4.79. The van der Waals surface area contributed by atoms with E-state index in [9.17, 15) is 9.18 Å². The van der Waals surface area contributed by atoms with Crippen molar-refractivity contribution in [1.82, 2.24) is 15.0 Å². The SMILES string of the molecule is O=c1[nH]c(Nc2ccc(F)cn2)nc2c1CCCC2. The molecule has 0 atom stereocenters. The summed E-state index contributed by atoms with van der Waals surface area (Å²) in [5, 5.41) is 2.88. The summed E-state index contributed by atoms with van der Waals surface area (Å²) in [4.78, 5) is 22.9. The number of rotatable bonds is 2. The first-order valence-corrected chi connectivity index (χ1v) is 6.23. The number of hydrogen-bond acceptors (Lipinski definition) is 4. The third-order valence-corrected chi connectivity index (χ3v) is 3.17. The van der Waals surface area contributed by atoms with Gasteiger partial charge in [-0.25, -0.2) is 14.4 Å². The molecule has 2 heterocycles. The first-order chi connectivity index (χ1) is 9.22. The fraction of sp³-hybridized carbons (Fsp3) is 0.308. The van der Waals surface area contributed by atoms with E-state index in [1.165, 1.54) is 12.1 Å². The van der Waals surface area contributed by atoms with Crippen LogP contribution in [0.3, 0.4) is 0 Å². The Kier molecular flexibility index (Phi) is 2.98. The minimum atomic E-state index is -0.405. The number of nitrogens with zero attached hydrogens (tertiary/aromatic N) is 2. The predicted octanol–water partition coefficient (Wildman–Crippen LogP) is 1.93. The van der Waals surface area contributed by atoms with Crippen LogP contribution in [-0.4, -0.2) is 15.0 Å². The summed E-state index contributed by atoms with van der Waals surface area (Å²) in [5.74, 6) is 0.391. The number of pyridine rings is 1. The van der Waals surface area contributed by atoms with E-state index in [1.807, 2.05) is 0 Å². The summed E-state index contributed by atoms with van der Waals surface area (Å²) in [7, 11) is 0. The molecular formula is C13H13FN4O. The zero-order valence-corrected chi connectivity index (χ0v) is 10.2. The average molecular weight is 260 g/mol.